The Labute approximate surface area is 124 Å². The summed E-state index contributed by atoms with van der Waals surface area (Å²) in [4.78, 5) is 15.6. The Hall–Kier alpha value is -2.36. The highest BCUT2D eigenvalue weighted by atomic mass is 16.5. The fraction of sp³-hybridized carbons (Fsp3) is 0.294. The van der Waals surface area contributed by atoms with Crippen LogP contribution in [0.5, 0.6) is 5.88 Å². The molecule has 1 heterocycles. The second kappa shape index (κ2) is 5.95. The Bertz CT molecular complexity index is 630. The summed E-state index contributed by atoms with van der Waals surface area (Å²) >= 11 is 0. The first-order chi connectivity index (χ1) is 9.86. The van der Waals surface area contributed by atoms with Crippen molar-refractivity contribution in [1.29, 1.82) is 0 Å². The standard InChI is InChI=1S/C17H19NO3/c1-17(2,3)14-9-13(16(19)20)10-15(18-14)21-11-12-7-5-4-6-8-12/h4-10H,11H2,1-3H3,(H,19,20). The van der Waals surface area contributed by atoms with E-state index in [1.165, 1.54) is 6.07 Å². The number of rotatable bonds is 4. The first-order valence-corrected chi connectivity index (χ1v) is 6.79. The van der Waals surface area contributed by atoms with E-state index in [9.17, 15) is 9.90 Å². The smallest absolute Gasteiger partial charge is 0.335 e. The molecule has 4 heteroatoms. The third-order valence-corrected chi connectivity index (χ3v) is 3.05. The summed E-state index contributed by atoms with van der Waals surface area (Å²) in [5.74, 6) is -0.642. The van der Waals surface area contributed by atoms with Gasteiger partial charge in [-0.15, -0.1) is 0 Å². The first-order valence-electron chi connectivity index (χ1n) is 6.79. The van der Waals surface area contributed by atoms with Gasteiger partial charge in [-0.2, -0.15) is 0 Å². The topological polar surface area (TPSA) is 59.4 Å². The molecular weight excluding hydrogens is 266 g/mol. The van der Waals surface area contributed by atoms with Crippen molar-refractivity contribution in [3.8, 4) is 5.88 Å². The predicted octanol–water partition coefficient (Wildman–Crippen LogP) is 3.66. The Balaban J connectivity index is 2.26. The molecule has 1 aromatic heterocycles. The molecule has 0 saturated carbocycles. The number of hydrogen-bond acceptors (Lipinski definition) is 3. The van der Waals surface area contributed by atoms with Crippen LogP contribution in [0, 0.1) is 0 Å². The molecule has 0 radical (unpaired) electrons. The summed E-state index contributed by atoms with van der Waals surface area (Å²) in [5, 5.41) is 9.20. The Morgan fingerprint density at radius 3 is 2.43 bits per heavy atom. The average molecular weight is 285 g/mol. The summed E-state index contributed by atoms with van der Waals surface area (Å²) in [5.41, 5.74) is 1.66. The van der Waals surface area contributed by atoms with E-state index < -0.39 is 5.97 Å². The van der Waals surface area contributed by atoms with Gasteiger partial charge in [0, 0.05) is 11.5 Å². The second-order valence-electron chi connectivity index (χ2n) is 5.91. The van der Waals surface area contributed by atoms with Crippen molar-refractivity contribution >= 4 is 5.97 Å². The molecule has 0 aliphatic heterocycles. The molecule has 2 aromatic rings. The van der Waals surface area contributed by atoms with Crippen molar-refractivity contribution < 1.29 is 14.6 Å². The molecule has 0 fully saturated rings. The summed E-state index contributed by atoms with van der Waals surface area (Å²) in [6, 6.07) is 12.8. The lowest BCUT2D eigenvalue weighted by atomic mass is 9.91. The molecular formula is C17H19NO3. The Kier molecular flexibility index (Phi) is 4.26. The number of carbonyl (C=O) groups is 1. The van der Waals surface area contributed by atoms with E-state index in [0.717, 1.165) is 5.56 Å². The van der Waals surface area contributed by atoms with Gasteiger partial charge in [0.05, 0.1) is 11.3 Å². The van der Waals surface area contributed by atoms with E-state index in [1.54, 1.807) is 6.07 Å². The van der Waals surface area contributed by atoms with Crippen LogP contribution in [0.2, 0.25) is 0 Å². The lowest BCUT2D eigenvalue weighted by Crippen LogP contribution is -2.15. The lowest BCUT2D eigenvalue weighted by Gasteiger charge is -2.19. The van der Waals surface area contributed by atoms with Crippen molar-refractivity contribution in [1.82, 2.24) is 4.98 Å². The maximum absolute atomic E-state index is 11.2. The summed E-state index contributed by atoms with van der Waals surface area (Å²) in [6.07, 6.45) is 0. The molecule has 0 unspecified atom stereocenters. The van der Waals surface area contributed by atoms with Gasteiger partial charge in [0.1, 0.15) is 6.61 Å². The molecule has 0 aliphatic carbocycles. The average Bonchev–Trinajstić information content (AvgIpc) is 2.45. The van der Waals surface area contributed by atoms with Crippen molar-refractivity contribution in [3.63, 3.8) is 0 Å². The SMILES string of the molecule is CC(C)(C)c1cc(C(=O)O)cc(OCc2ccccc2)n1. The number of aromatic carboxylic acids is 1. The minimum Gasteiger partial charge on any atom is -0.478 e. The van der Waals surface area contributed by atoms with Crippen LogP contribution in [-0.4, -0.2) is 16.1 Å². The van der Waals surface area contributed by atoms with E-state index >= 15 is 0 Å². The quantitative estimate of drug-likeness (QED) is 0.931. The molecule has 1 N–H and O–H groups in total. The lowest BCUT2D eigenvalue weighted by molar-refractivity contribution is 0.0696. The van der Waals surface area contributed by atoms with Gasteiger partial charge >= 0.3 is 5.97 Å². The fourth-order valence-corrected chi connectivity index (χ4v) is 1.82. The number of pyridine rings is 1. The molecule has 0 amide bonds. The minimum absolute atomic E-state index is 0.193. The third-order valence-electron chi connectivity index (χ3n) is 3.05. The van der Waals surface area contributed by atoms with Crippen LogP contribution in [0.25, 0.3) is 0 Å². The van der Waals surface area contributed by atoms with Crippen molar-refractivity contribution in [3.05, 3.63) is 59.3 Å². The van der Waals surface area contributed by atoms with Crippen molar-refractivity contribution in [2.75, 3.05) is 0 Å². The second-order valence-corrected chi connectivity index (χ2v) is 5.91. The van der Waals surface area contributed by atoms with E-state index in [0.29, 0.717) is 18.2 Å². The van der Waals surface area contributed by atoms with Crippen LogP contribution >= 0.6 is 0 Å². The highest BCUT2D eigenvalue weighted by Gasteiger charge is 2.19. The van der Waals surface area contributed by atoms with Crippen LogP contribution in [0.4, 0.5) is 0 Å². The van der Waals surface area contributed by atoms with Gasteiger partial charge in [-0.05, 0) is 11.6 Å². The van der Waals surface area contributed by atoms with Crippen LogP contribution in [0.15, 0.2) is 42.5 Å². The van der Waals surface area contributed by atoms with Crippen molar-refractivity contribution in [2.45, 2.75) is 32.8 Å². The molecule has 2 rings (SSSR count). The molecule has 0 atom stereocenters. The number of carboxylic acid groups (broad SMARTS) is 1. The first kappa shape index (κ1) is 15.0. The van der Waals surface area contributed by atoms with Gasteiger partial charge in [0.25, 0.3) is 0 Å². The van der Waals surface area contributed by atoms with Gasteiger partial charge in [-0.3, -0.25) is 0 Å². The predicted molar refractivity (Wildman–Crippen MR) is 80.7 cm³/mol. The summed E-state index contributed by atoms with van der Waals surface area (Å²) in [6.45, 7) is 6.33. The zero-order chi connectivity index (χ0) is 15.5. The van der Waals surface area contributed by atoms with Gasteiger partial charge in [0.2, 0.25) is 5.88 Å². The van der Waals surface area contributed by atoms with Gasteiger partial charge in [-0.25, -0.2) is 9.78 Å². The van der Waals surface area contributed by atoms with Gasteiger partial charge in [-0.1, -0.05) is 51.1 Å². The normalized spacial score (nSPS) is 11.2. The fourth-order valence-electron chi connectivity index (χ4n) is 1.82. The van der Waals surface area contributed by atoms with E-state index in [4.69, 9.17) is 4.74 Å². The van der Waals surface area contributed by atoms with Crippen LogP contribution < -0.4 is 4.74 Å². The van der Waals surface area contributed by atoms with Crippen LogP contribution in [0.1, 0.15) is 42.4 Å². The van der Waals surface area contributed by atoms with E-state index in [2.05, 4.69) is 4.98 Å². The highest BCUT2D eigenvalue weighted by molar-refractivity contribution is 5.88. The van der Waals surface area contributed by atoms with Gasteiger partial charge in [0.15, 0.2) is 0 Å². The zero-order valence-corrected chi connectivity index (χ0v) is 12.5. The molecule has 0 spiro atoms. The molecule has 1 aromatic carbocycles. The summed E-state index contributed by atoms with van der Waals surface area (Å²) < 4.78 is 5.64. The van der Waals surface area contributed by atoms with Gasteiger partial charge < -0.3 is 9.84 Å². The molecule has 21 heavy (non-hydrogen) atoms. The van der Waals surface area contributed by atoms with E-state index in [-0.39, 0.29) is 11.0 Å². The third kappa shape index (κ3) is 4.05. The van der Waals surface area contributed by atoms with E-state index in [1.807, 2.05) is 51.1 Å². The number of benzene rings is 1. The number of aromatic nitrogens is 1. The number of ether oxygens (including phenoxy) is 1. The molecule has 110 valence electrons. The number of hydrogen-bond donors (Lipinski definition) is 1. The largest absolute Gasteiger partial charge is 0.478 e. The number of nitrogens with zero attached hydrogens (tertiary/aromatic N) is 1. The molecule has 4 nitrogen and oxygen atoms in total. The Morgan fingerprint density at radius 1 is 1.19 bits per heavy atom. The maximum atomic E-state index is 11.2. The molecule has 0 aliphatic rings. The Morgan fingerprint density at radius 2 is 1.86 bits per heavy atom. The van der Waals surface area contributed by atoms with Crippen LogP contribution in [0.3, 0.4) is 0 Å². The monoisotopic (exact) mass is 285 g/mol. The zero-order valence-electron chi connectivity index (χ0n) is 12.5. The molecule has 0 saturated heterocycles. The molecule has 0 bridgehead atoms. The summed E-state index contributed by atoms with van der Waals surface area (Å²) in [7, 11) is 0. The van der Waals surface area contributed by atoms with Crippen LogP contribution in [-0.2, 0) is 12.0 Å². The maximum Gasteiger partial charge on any atom is 0.335 e. The van der Waals surface area contributed by atoms with Crippen molar-refractivity contribution in [2.24, 2.45) is 0 Å². The highest BCUT2D eigenvalue weighted by Crippen LogP contribution is 2.24. The number of carboxylic acids is 1. The minimum atomic E-state index is -0.979.